The Bertz CT molecular complexity index is 1280. The van der Waals surface area contributed by atoms with E-state index in [4.69, 9.17) is 0 Å². The molecule has 0 saturated heterocycles. The molecule has 2 amide bonds. The van der Waals surface area contributed by atoms with Gasteiger partial charge >= 0.3 is 6.03 Å². The van der Waals surface area contributed by atoms with Gasteiger partial charge in [-0.15, -0.1) is 0 Å². The molecular weight excluding hydrogens is 476 g/mol. The van der Waals surface area contributed by atoms with Crippen molar-refractivity contribution in [3.05, 3.63) is 118 Å². The second-order valence-electron chi connectivity index (χ2n) is 7.60. The molecule has 0 aliphatic carbocycles. The molecule has 1 aliphatic rings. The Balaban J connectivity index is 1.65. The van der Waals surface area contributed by atoms with E-state index in [1.807, 2.05) is 59.3 Å². The van der Waals surface area contributed by atoms with Gasteiger partial charge in [0.05, 0.1) is 18.3 Å². The average molecular weight is 494 g/mol. The molecule has 1 aliphatic heterocycles. The molecule has 4 nitrogen and oxygen atoms in total. The lowest BCUT2D eigenvalue weighted by Gasteiger charge is -2.31. The Labute approximate surface area is 192 Å². The number of carbonyl (C=O) groups excluding carboxylic acids is 1. The third-order valence-corrected chi connectivity index (χ3v) is 6.05. The monoisotopic (exact) mass is 493 g/mol. The summed E-state index contributed by atoms with van der Waals surface area (Å²) in [6, 6.07) is 21.1. The van der Waals surface area contributed by atoms with E-state index in [2.05, 4.69) is 21.2 Å². The van der Waals surface area contributed by atoms with Crippen LogP contribution in [-0.2, 0) is 6.54 Å². The van der Waals surface area contributed by atoms with Gasteiger partial charge in [0, 0.05) is 28.1 Å². The van der Waals surface area contributed by atoms with Crippen LogP contribution in [0, 0.1) is 11.6 Å². The van der Waals surface area contributed by atoms with E-state index in [-0.39, 0.29) is 12.6 Å². The van der Waals surface area contributed by atoms with Gasteiger partial charge in [0.15, 0.2) is 0 Å². The summed E-state index contributed by atoms with van der Waals surface area (Å²) in [7, 11) is 0. The molecule has 0 spiro atoms. The van der Waals surface area contributed by atoms with Crippen LogP contribution in [0.15, 0.2) is 89.5 Å². The molecule has 160 valence electrons. The van der Waals surface area contributed by atoms with Gasteiger partial charge in [-0.1, -0.05) is 34.1 Å². The van der Waals surface area contributed by atoms with Gasteiger partial charge < -0.3 is 14.8 Å². The molecule has 1 atom stereocenters. The Morgan fingerprint density at radius 1 is 0.938 bits per heavy atom. The number of hydrogen-bond acceptors (Lipinski definition) is 1. The summed E-state index contributed by atoms with van der Waals surface area (Å²) in [5.74, 6) is -1.37. The summed E-state index contributed by atoms with van der Waals surface area (Å²) >= 11 is 3.39. The van der Waals surface area contributed by atoms with Crippen molar-refractivity contribution in [1.29, 1.82) is 0 Å². The topological polar surface area (TPSA) is 37.3 Å². The first kappa shape index (κ1) is 20.5. The highest BCUT2D eigenvalue weighted by molar-refractivity contribution is 9.10. The maximum absolute atomic E-state index is 14.2. The zero-order chi connectivity index (χ0) is 22.2. The first-order chi connectivity index (χ1) is 15.5. The molecule has 0 bridgehead atoms. The molecule has 7 heteroatoms. The molecule has 1 aromatic heterocycles. The molecule has 5 rings (SSSR count). The van der Waals surface area contributed by atoms with Gasteiger partial charge in [-0.25, -0.2) is 13.6 Å². The van der Waals surface area contributed by atoms with E-state index < -0.39 is 17.7 Å². The molecule has 0 saturated carbocycles. The van der Waals surface area contributed by atoms with Crippen molar-refractivity contribution in [1.82, 2.24) is 9.47 Å². The van der Waals surface area contributed by atoms with Gasteiger partial charge in [0.25, 0.3) is 0 Å². The van der Waals surface area contributed by atoms with Crippen LogP contribution in [0.3, 0.4) is 0 Å². The summed E-state index contributed by atoms with van der Waals surface area (Å²) in [5.41, 5.74) is 3.58. The van der Waals surface area contributed by atoms with Crippen molar-refractivity contribution in [3.8, 4) is 5.69 Å². The average Bonchev–Trinajstić information content (AvgIpc) is 3.18. The third kappa shape index (κ3) is 3.80. The predicted molar refractivity (Wildman–Crippen MR) is 123 cm³/mol. The fourth-order valence-electron chi connectivity index (χ4n) is 4.15. The maximum Gasteiger partial charge on any atom is 0.322 e. The molecule has 0 radical (unpaired) electrons. The zero-order valence-corrected chi connectivity index (χ0v) is 18.4. The number of urea groups is 1. The second-order valence-corrected chi connectivity index (χ2v) is 8.52. The Kier molecular flexibility index (Phi) is 5.27. The van der Waals surface area contributed by atoms with Crippen LogP contribution in [0.2, 0.25) is 0 Å². The van der Waals surface area contributed by atoms with Crippen LogP contribution in [0.4, 0.5) is 19.3 Å². The number of benzene rings is 3. The molecule has 0 fully saturated rings. The number of aromatic nitrogens is 1. The van der Waals surface area contributed by atoms with Crippen LogP contribution in [-0.4, -0.2) is 15.5 Å². The highest BCUT2D eigenvalue weighted by Crippen LogP contribution is 2.37. The van der Waals surface area contributed by atoms with Crippen LogP contribution < -0.4 is 5.32 Å². The number of hydrogen-bond donors (Lipinski definition) is 1. The van der Waals surface area contributed by atoms with Crippen molar-refractivity contribution >= 4 is 27.6 Å². The van der Waals surface area contributed by atoms with Crippen LogP contribution in [0.25, 0.3) is 5.69 Å². The van der Waals surface area contributed by atoms with E-state index in [0.29, 0.717) is 11.3 Å². The Morgan fingerprint density at radius 2 is 1.66 bits per heavy atom. The fraction of sp³-hybridized carbons (Fsp3) is 0.0800. The first-order valence-electron chi connectivity index (χ1n) is 10.0. The number of anilines is 1. The quantitative estimate of drug-likeness (QED) is 0.333. The number of halogens is 3. The van der Waals surface area contributed by atoms with Crippen molar-refractivity contribution in [2.24, 2.45) is 0 Å². The fourth-order valence-corrected chi connectivity index (χ4v) is 4.42. The van der Waals surface area contributed by atoms with Crippen molar-refractivity contribution in [2.45, 2.75) is 12.6 Å². The van der Waals surface area contributed by atoms with E-state index in [0.717, 1.165) is 27.5 Å². The minimum Gasteiger partial charge on any atom is -0.318 e. The van der Waals surface area contributed by atoms with Crippen LogP contribution in [0.1, 0.15) is 22.9 Å². The third-order valence-electron chi connectivity index (χ3n) is 5.52. The molecule has 1 N–H and O–H groups in total. The number of para-hydroxylation sites is 1. The lowest BCUT2D eigenvalue weighted by molar-refractivity contribution is 0.194. The smallest absolute Gasteiger partial charge is 0.318 e. The van der Waals surface area contributed by atoms with Gasteiger partial charge in [-0.3, -0.25) is 0 Å². The molecule has 3 aromatic carbocycles. The van der Waals surface area contributed by atoms with Gasteiger partial charge in [0.1, 0.15) is 11.6 Å². The van der Waals surface area contributed by atoms with Crippen molar-refractivity contribution in [3.63, 3.8) is 0 Å². The molecule has 4 aromatic rings. The molecule has 32 heavy (non-hydrogen) atoms. The molecule has 0 unspecified atom stereocenters. The van der Waals surface area contributed by atoms with Gasteiger partial charge in [-0.05, 0) is 65.7 Å². The van der Waals surface area contributed by atoms with Crippen molar-refractivity contribution in [2.75, 3.05) is 5.32 Å². The largest absolute Gasteiger partial charge is 0.322 e. The van der Waals surface area contributed by atoms with Crippen LogP contribution in [0.5, 0.6) is 0 Å². The lowest BCUT2D eigenvalue weighted by atomic mass is 10.0. The second kappa shape index (κ2) is 8.24. The highest BCUT2D eigenvalue weighted by atomic mass is 79.9. The number of amides is 2. The van der Waals surface area contributed by atoms with E-state index in [1.54, 1.807) is 17.0 Å². The Morgan fingerprint density at radius 3 is 2.41 bits per heavy atom. The van der Waals surface area contributed by atoms with Crippen LogP contribution >= 0.6 is 15.9 Å². The predicted octanol–water partition coefficient (Wildman–Crippen LogP) is 6.66. The minimum atomic E-state index is -0.696. The highest BCUT2D eigenvalue weighted by Gasteiger charge is 2.33. The lowest BCUT2D eigenvalue weighted by Crippen LogP contribution is -2.38. The number of rotatable bonds is 2. The van der Waals surface area contributed by atoms with E-state index >= 15 is 0 Å². The number of fused-ring (bicyclic) bond motifs is 3. The summed E-state index contributed by atoms with van der Waals surface area (Å²) in [6.45, 7) is 0.267. The van der Waals surface area contributed by atoms with E-state index in [9.17, 15) is 13.6 Å². The normalized spacial score (nSPS) is 15.0. The summed E-state index contributed by atoms with van der Waals surface area (Å²) in [6.07, 6.45) is 1.90. The van der Waals surface area contributed by atoms with E-state index in [1.165, 1.54) is 12.1 Å². The summed E-state index contributed by atoms with van der Waals surface area (Å²) in [4.78, 5) is 15.1. The summed E-state index contributed by atoms with van der Waals surface area (Å²) in [5, 5.41) is 2.92. The minimum absolute atomic E-state index is 0.267. The zero-order valence-electron chi connectivity index (χ0n) is 16.8. The Hall–Kier alpha value is -3.45. The number of carbonyl (C=O) groups is 1. The van der Waals surface area contributed by atoms with Crippen molar-refractivity contribution < 1.29 is 13.6 Å². The number of nitrogens with one attached hydrogen (secondary N) is 1. The number of nitrogens with zero attached hydrogens (tertiary/aromatic N) is 2. The molecular formula is C25H18BrF2N3O. The van der Waals surface area contributed by atoms with Gasteiger partial charge in [-0.2, -0.15) is 0 Å². The SMILES string of the molecule is O=C(Nc1ccc(Br)cc1)N1Cc2ccccc2-n2cccc2[C@H]1c1cc(F)cc(F)c1. The molecule has 2 heterocycles. The first-order valence-corrected chi connectivity index (χ1v) is 10.8. The summed E-state index contributed by atoms with van der Waals surface area (Å²) < 4.78 is 31.2. The van der Waals surface area contributed by atoms with Gasteiger partial charge in [0.2, 0.25) is 0 Å². The maximum atomic E-state index is 14.2. The standard InChI is InChI=1S/C25H18BrF2N3O/c26-18-7-9-21(10-8-18)29-25(32)31-15-16-4-1-2-5-22(16)30-11-3-6-23(30)24(31)17-12-19(27)14-20(28)13-17/h1-14,24H,15H2,(H,29,32)/t24-/m1/s1.